The van der Waals surface area contributed by atoms with Crippen molar-refractivity contribution in [3.05, 3.63) is 17.5 Å². The summed E-state index contributed by atoms with van der Waals surface area (Å²) < 4.78 is 5.01. The third kappa shape index (κ3) is 3.65. The number of aryl methyl sites for hydroxylation is 1. The largest absolute Gasteiger partial charge is 0.383 e. The molecule has 1 aliphatic heterocycles. The minimum Gasteiger partial charge on any atom is -0.383 e. The highest BCUT2D eigenvalue weighted by molar-refractivity contribution is 5.33. The zero-order valence-electron chi connectivity index (χ0n) is 11.3. The SMILES string of the molecule is COCCNCc1cc(C)nc(N2CCCC2)n1. The first-order valence-corrected chi connectivity index (χ1v) is 6.59. The molecule has 0 amide bonds. The Morgan fingerprint density at radius 1 is 1.33 bits per heavy atom. The Morgan fingerprint density at radius 2 is 2.11 bits per heavy atom. The van der Waals surface area contributed by atoms with E-state index in [4.69, 9.17) is 4.74 Å². The molecular formula is C13H22N4O. The smallest absolute Gasteiger partial charge is 0.225 e. The summed E-state index contributed by atoms with van der Waals surface area (Å²) in [6, 6.07) is 2.04. The number of aromatic nitrogens is 2. The summed E-state index contributed by atoms with van der Waals surface area (Å²) in [7, 11) is 1.71. The third-order valence-corrected chi connectivity index (χ3v) is 3.07. The zero-order valence-corrected chi connectivity index (χ0v) is 11.3. The standard InChI is InChI=1S/C13H22N4O/c1-11-9-12(10-14-5-8-18-2)16-13(15-11)17-6-3-4-7-17/h9,14H,3-8,10H2,1-2H3. The van der Waals surface area contributed by atoms with E-state index in [1.54, 1.807) is 7.11 Å². The minimum atomic E-state index is 0.725. The van der Waals surface area contributed by atoms with Crippen LogP contribution in [0.3, 0.4) is 0 Å². The molecule has 1 N–H and O–H groups in total. The molecule has 1 aromatic rings. The molecule has 0 saturated carbocycles. The van der Waals surface area contributed by atoms with Crippen molar-refractivity contribution in [2.24, 2.45) is 0 Å². The van der Waals surface area contributed by atoms with Gasteiger partial charge in [-0.25, -0.2) is 9.97 Å². The molecule has 0 bridgehead atoms. The van der Waals surface area contributed by atoms with Gasteiger partial charge in [-0.15, -0.1) is 0 Å². The van der Waals surface area contributed by atoms with E-state index in [0.717, 1.165) is 50.1 Å². The molecule has 2 rings (SSSR count). The summed E-state index contributed by atoms with van der Waals surface area (Å²) in [6.07, 6.45) is 2.50. The van der Waals surface area contributed by atoms with Crippen LogP contribution in [-0.4, -0.2) is 43.3 Å². The van der Waals surface area contributed by atoms with Crippen LogP contribution in [-0.2, 0) is 11.3 Å². The highest BCUT2D eigenvalue weighted by atomic mass is 16.5. The Morgan fingerprint density at radius 3 is 2.83 bits per heavy atom. The fraction of sp³-hybridized carbons (Fsp3) is 0.692. The average molecular weight is 250 g/mol. The Kier molecular flexibility index (Phi) is 4.90. The van der Waals surface area contributed by atoms with E-state index in [2.05, 4.69) is 20.2 Å². The second kappa shape index (κ2) is 6.66. The van der Waals surface area contributed by atoms with E-state index >= 15 is 0 Å². The quantitative estimate of drug-likeness (QED) is 0.767. The fourth-order valence-corrected chi connectivity index (χ4v) is 2.16. The molecule has 1 fully saturated rings. The van der Waals surface area contributed by atoms with E-state index in [0.29, 0.717) is 0 Å². The topological polar surface area (TPSA) is 50.3 Å². The van der Waals surface area contributed by atoms with Gasteiger partial charge in [-0.2, -0.15) is 0 Å². The number of rotatable bonds is 6. The number of ether oxygens (including phenoxy) is 1. The second-order valence-corrected chi connectivity index (χ2v) is 4.66. The molecule has 1 saturated heterocycles. The minimum absolute atomic E-state index is 0.725. The molecule has 1 aromatic heterocycles. The van der Waals surface area contributed by atoms with E-state index in [-0.39, 0.29) is 0 Å². The Labute approximate surface area is 109 Å². The van der Waals surface area contributed by atoms with Gasteiger partial charge in [-0.1, -0.05) is 0 Å². The maximum Gasteiger partial charge on any atom is 0.225 e. The summed E-state index contributed by atoms with van der Waals surface area (Å²) in [5.41, 5.74) is 2.09. The predicted molar refractivity (Wildman–Crippen MR) is 71.8 cm³/mol. The van der Waals surface area contributed by atoms with Gasteiger partial charge in [0, 0.05) is 39.0 Å². The van der Waals surface area contributed by atoms with Gasteiger partial charge < -0.3 is 15.0 Å². The summed E-state index contributed by atoms with van der Waals surface area (Å²) in [5, 5.41) is 3.31. The molecule has 1 aliphatic rings. The van der Waals surface area contributed by atoms with Crippen molar-refractivity contribution in [2.75, 3.05) is 38.3 Å². The lowest BCUT2D eigenvalue weighted by Gasteiger charge is -2.16. The maximum absolute atomic E-state index is 5.01. The number of nitrogens with zero attached hydrogens (tertiary/aromatic N) is 3. The molecule has 5 heteroatoms. The van der Waals surface area contributed by atoms with Gasteiger partial charge in [-0.3, -0.25) is 0 Å². The van der Waals surface area contributed by atoms with Gasteiger partial charge in [0.05, 0.1) is 12.3 Å². The zero-order chi connectivity index (χ0) is 12.8. The van der Waals surface area contributed by atoms with Crippen molar-refractivity contribution in [2.45, 2.75) is 26.3 Å². The van der Waals surface area contributed by atoms with Gasteiger partial charge in [0.25, 0.3) is 0 Å². The van der Waals surface area contributed by atoms with Crippen LogP contribution < -0.4 is 10.2 Å². The van der Waals surface area contributed by atoms with Crippen molar-refractivity contribution in [3.63, 3.8) is 0 Å². The molecule has 5 nitrogen and oxygen atoms in total. The summed E-state index contributed by atoms with van der Waals surface area (Å²) >= 11 is 0. The molecule has 2 heterocycles. The number of hydrogen-bond donors (Lipinski definition) is 1. The number of nitrogens with one attached hydrogen (secondary N) is 1. The van der Waals surface area contributed by atoms with E-state index in [1.165, 1.54) is 12.8 Å². The van der Waals surface area contributed by atoms with Crippen LogP contribution in [0.25, 0.3) is 0 Å². The molecule has 0 atom stereocenters. The average Bonchev–Trinajstić information content (AvgIpc) is 2.88. The van der Waals surface area contributed by atoms with Crippen LogP contribution in [0.1, 0.15) is 24.2 Å². The van der Waals surface area contributed by atoms with E-state index in [9.17, 15) is 0 Å². The van der Waals surface area contributed by atoms with Crippen LogP contribution in [0.2, 0.25) is 0 Å². The first-order chi connectivity index (χ1) is 8.79. The Hall–Kier alpha value is -1.20. The van der Waals surface area contributed by atoms with E-state index in [1.807, 2.05) is 13.0 Å². The molecule has 0 aliphatic carbocycles. The molecular weight excluding hydrogens is 228 g/mol. The van der Waals surface area contributed by atoms with Crippen LogP contribution in [0.5, 0.6) is 0 Å². The molecule has 18 heavy (non-hydrogen) atoms. The number of anilines is 1. The second-order valence-electron chi connectivity index (χ2n) is 4.66. The first-order valence-electron chi connectivity index (χ1n) is 6.59. The lowest BCUT2D eigenvalue weighted by atomic mass is 10.3. The summed E-state index contributed by atoms with van der Waals surface area (Å²) in [4.78, 5) is 11.4. The van der Waals surface area contributed by atoms with Crippen molar-refractivity contribution < 1.29 is 4.74 Å². The molecule has 100 valence electrons. The third-order valence-electron chi connectivity index (χ3n) is 3.07. The van der Waals surface area contributed by atoms with Gasteiger partial charge in [0.2, 0.25) is 5.95 Å². The van der Waals surface area contributed by atoms with E-state index < -0.39 is 0 Å². The van der Waals surface area contributed by atoms with Crippen LogP contribution in [0, 0.1) is 6.92 Å². The number of methoxy groups -OCH3 is 1. The van der Waals surface area contributed by atoms with Gasteiger partial charge in [0.15, 0.2) is 0 Å². The number of hydrogen-bond acceptors (Lipinski definition) is 5. The normalized spacial score (nSPS) is 15.3. The fourth-order valence-electron chi connectivity index (χ4n) is 2.16. The van der Waals surface area contributed by atoms with Crippen molar-refractivity contribution >= 4 is 5.95 Å². The van der Waals surface area contributed by atoms with Gasteiger partial charge in [-0.05, 0) is 25.8 Å². The lowest BCUT2D eigenvalue weighted by molar-refractivity contribution is 0.199. The van der Waals surface area contributed by atoms with Crippen LogP contribution >= 0.6 is 0 Å². The molecule has 0 spiro atoms. The Bertz CT molecular complexity index is 377. The Balaban J connectivity index is 1.97. The lowest BCUT2D eigenvalue weighted by Crippen LogP contribution is -2.23. The predicted octanol–water partition coefficient (Wildman–Crippen LogP) is 1.12. The first kappa shape index (κ1) is 13.2. The highest BCUT2D eigenvalue weighted by Crippen LogP contribution is 2.16. The maximum atomic E-state index is 5.01. The van der Waals surface area contributed by atoms with Crippen LogP contribution in [0.4, 0.5) is 5.95 Å². The molecule has 0 aromatic carbocycles. The van der Waals surface area contributed by atoms with Crippen molar-refractivity contribution in [1.82, 2.24) is 15.3 Å². The molecule has 0 radical (unpaired) electrons. The highest BCUT2D eigenvalue weighted by Gasteiger charge is 2.15. The summed E-state index contributed by atoms with van der Waals surface area (Å²) in [5.74, 6) is 0.885. The van der Waals surface area contributed by atoms with Crippen LogP contribution in [0.15, 0.2) is 6.07 Å². The monoisotopic (exact) mass is 250 g/mol. The van der Waals surface area contributed by atoms with Gasteiger partial charge in [0.1, 0.15) is 0 Å². The van der Waals surface area contributed by atoms with Crippen molar-refractivity contribution in [1.29, 1.82) is 0 Å². The van der Waals surface area contributed by atoms with Gasteiger partial charge >= 0.3 is 0 Å². The summed E-state index contributed by atoms with van der Waals surface area (Å²) in [6.45, 7) is 6.54. The van der Waals surface area contributed by atoms with Crippen molar-refractivity contribution in [3.8, 4) is 0 Å². The molecule has 0 unspecified atom stereocenters.